The molecule has 0 saturated heterocycles. The van der Waals surface area contributed by atoms with E-state index in [1.165, 1.54) is 63.9 Å². The first kappa shape index (κ1) is 41.1. The zero-order chi connectivity index (χ0) is 32.6. The minimum atomic E-state index is -4.71. The first-order valence-corrected chi connectivity index (χ1v) is 17.3. The van der Waals surface area contributed by atoms with Crippen molar-refractivity contribution >= 4 is 19.8 Å². The number of likely N-dealkylation sites (N-methyl/N-ethyl adjacent to an activating group) is 1. The third kappa shape index (κ3) is 26.3. The maximum Gasteiger partial charge on any atom is 0.316 e. The molecule has 0 N–H and O–H groups in total. The van der Waals surface area contributed by atoms with Gasteiger partial charge in [0, 0.05) is 6.42 Å². The van der Waals surface area contributed by atoms with Crippen LogP contribution in [0.5, 0.6) is 0 Å². The van der Waals surface area contributed by atoms with E-state index < -0.39 is 50.4 Å². The standard InChI is InChI=1S/C30H57N2O10P/c1-6-8-9-10-11-12-13-14-15-16-17-18-19-21-29(33)42-28(25-39-30(34)24-27(20-7-2)31(35)36)26-41-43(37,38)40-23-22-32(3,4)5/h20,28H,6-19,21-26H2,1-5H3/b27-20+. The van der Waals surface area contributed by atoms with Crippen molar-refractivity contribution in [2.45, 2.75) is 123 Å². The lowest BCUT2D eigenvalue weighted by molar-refractivity contribution is -0.870. The Balaban J connectivity index is 4.63. The van der Waals surface area contributed by atoms with Gasteiger partial charge in [-0.2, -0.15) is 0 Å². The van der Waals surface area contributed by atoms with Crippen LogP contribution >= 0.6 is 7.82 Å². The van der Waals surface area contributed by atoms with Crippen molar-refractivity contribution < 1.29 is 47.0 Å². The molecule has 0 fully saturated rings. The molecule has 252 valence electrons. The number of phosphoric acid groups is 1. The molecule has 12 nitrogen and oxygen atoms in total. The zero-order valence-corrected chi connectivity index (χ0v) is 28.1. The molecule has 2 atom stereocenters. The number of rotatable bonds is 28. The van der Waals surface area contributed by atoms with Crippen molar-refractivity contribution in [3.05, 3.63) is 21.9 Å². The number of nitro groups is 1. The molecule has 0 spiro atoms. The van der Waals surface area contributed by atoms with Gasteiger partial charge in [-0.3, -0.25) is 24.3 Å². The molecule has 0 saturated carbocycles. The van der Waals surface area contributed by atoms with E-state index in [4.69, 9.17) is 18.5 Å². The molecule has 0 bridgehead atoms. The molecular formula is C30H57N2O10P. The van der Waals surface area contributed by atoms with E-state index in [0.717, 1.165) is 19.3 Å². The SMILES string of the molecule is CC/C=C(\CC(=O)OCC(COP(=O)([O-])OCC[N+](C)(C)C)OC(=O)CCCCCCCCCCCCCCC)[N+](=O)[O-]. The Morgan fingerprint density at radius 1 is 0.837 bits per heavy atom. The predicted octanol–water partition coefficient (Wildman–Crippen LogP) is 6.09. The molecule has 2 unspecified atom stereocenters. The van der Waals surface area contributed by atoms with Crippen LogP contribution < -0.4 is 4.89 Å². The molecule has 0 amide bonds. The van der Waals surface area contributed by atoms with Crippen molar-refractivity contribution in [1.82, 2.24) is 0 Å². The van der Waals surface area contributed by atoms with Crippen molar-refractivity contribution in [3.63, 3.8) is 0 Å². The van der Waals surface area contributed by atoms with Gasteiger partial charge in [-0.05, 0) is 18.9 Å². The topological polar surface area (TPSA) is 154 Å². The van der Waals surface area contributed by atoms with Gasteiger partial charge in [0.25, 0.3) is 13.5 Å². The molecule has 0 rings (SSSR count). The van der Waals surface area contributed by atoms with Gasteiger partial charge in [-0.15, -0.1) is 0 Å². The Morgan fingerprint density at radius 3 is 1.86 bits per heavy atom. The fourth-order valence-corrected chi connectivity index (χ4v) is 4.85. The van der Waals surface area contributed by atoms with Gasteiger partial charge in [0.15, 0.2) is 6.10 Å². The number of carbonyl (C=O) groups is 2. The Hall–Kier alpha value is -1.85. The summed E-state index contributed by atoms with van der Waals surface area (Å²) in [5, 5.41) is 11.1. The summed E-state index contributed by atoms with van der Waals surface area (Å²) in [4.78, 5) is 47.3. The third-order valence-electron chi connectivity index (χ3n) is 6.64. The van der Waals surface area contributed by atoms with Crippen LogP contribution in [-0.2, 0) is 32.7 Å². The van der Waals surface area contributed by atoms with E-state index in [9.17, 15) is 29.2 Å². The van der Waals surface area contributed by atoms with E-state index >= 15 is 0 Å². The summed E-state index contributed by atoms with van der Waals surface area (Å²) in [6.45, 7) is 3.10. The van der Waals surface area contributed by atoms with Crippen molar-refractivity contribution in [1.29, 1.82) is 0 Å². The monoisotopic (exact) mass is 636 g/mol. The second-order valence-corrected chi connectivity index (χ2v) is 13.3. The largest absolute Gasteiger partial charge is 0.756 e. The van der Waals surface area contributed by atoms with Crippen LogP contribution in [0.4, 0.5) is 0 Å². The van der Waals surface area contributed by atoms with Crippen LogP contribution in [0.2, 0.25) is 0 Å². The summed E-state index contributed by atoms with van der Waals surface area (Å²) >= 11 is 0. The summed E-state index contributed by atoms with van der Waals surface area (Å²) < 4.78 is 32.9. The number of carbonyl (C=O) groups excluding carboxylic acids is 2. The Labute approximate surface area is 258 Å². The zero-order valence-electron chi connectivity index (χ0n) is 27.2. The first-order chi connectivity index (χ1) is 20.3. The van der Waals surface area contributed by atoms with E-state index in [1.54, 1.807) is 6.92 Å². The molecule has 43 heavy (non-hydrogen) atoms. The van der Waals surface area contributed by atoms with E-state index in [1.807, 2.05) is 21.1 Å². The number of unbranched alkanes of at least 4 members (excludes halogenated alkanes) is 12. The summed E-state index contributed by atoms with van der Waals surface area (Å²) in [5.74, 6) is -1.48. The van der Waals surface area contributed by atoms with Crippen LogP contribution in [0.3, 0.4) is 0 Å². The van der Waals surface area contributed by atoms with Gasteiger partial charge in [0.05, 0.1) is 32.7 Å². The molecule has 0 aromatic rings. The number of ether oxygens (including phenoxy) is 2. The molecular weight excluding hydrogens is 579 g/mol. The molecule has 0 aliphatic carbocycles. The average molecular weight is 637 g/mol. The molecule has 0 aliphatic heterocycles. The highest BCUT2D eigenvalue weighted by Gasteiger charge is 2.23. The number of hydrogen-bond acceptors (Lipinski definition) is 10. The van der Waals surface area contributed by atoms with Crippen LogP contribution in [0.1, 0.15) is 117 Å². The van der Waals surface area contributed by atoms with Crippen LogP contribution in [-0.4, -0.2) is 75.0 Å². The van der Waals surface area contributed by atoms with E-state index in [0.29, 0.717) is 23.9 Å². The molecule has 0 aromatic carbocycles. The predicted molar refractivity (Wildman–Crippen MR) is 164 cm³/mol. The highest BCUT2D eigenvalue weighted by Crippen LogP contribution is 2.38. The number of nitrogens with zero attached hydrogens (tertiary/aromatic N) is 2. The summed E-state index contributed by atoms with van der Waals surface area (Å²) in [7, 11) is 0.919. The lowest BCUT2D eigenvalue weighted by Crippen LogP contribution is -2.37. The smallest absolute Gasteiger partial charge is 0.316 e. The van der Waals surface area contributed by atoms with Crippen molar-refractivity contribution in [3.8, 4) is 0 Å². The number of quaternary nitrogens is 1. The second kappa shape index (κ2) is 24.5. The summed E-state index contributed by atoms with van der Waals surface area (Å²) in [5.41, 5.74) is -0.311. The highest BCUT2D eigenvalue weighted by molar-refractivity contribution is 7.45. The highest BCUT2D eigenvalue weighted by atomic mass is 31.2. The second-order valence-electron chi connectivity index (χ2n) is 11.9. The van der Waals surface area contributed by atoms with Gasteiger partial charge >= 0.3 is 11.9 Å². The minimum absolute atomic E-state index is 0.101. The van der Waals surface area contributed by atoms with Gasteiger partial charge < -0.3 is 27.9 Å². The fourth-order valence-electron chi connectivity index (χ4n) is 4.12. The Kier molecular flexibility index (Phi) is 23.4. The Morgan fingerprint density at radius 2 is 1.37 bits per heavy atom. The lowest BCUT2D eigenvalue weighted by atomic mass is 10.0. The van der Waals surface area contributed by atoms with Gasteiger partial charge in [0.1, 0.15) is 26.2 Å². The maximum absolute atomic E-state index is 12.5. The summed E-state index contributed by atoms with van der Waals surface area (Å²) in [6, 6.07) is 0. The van der Waals surface area contributed by atoms with Crippen molar-refractivity contribution in [2.24, 2.45) is 0 Å². The van der Waals surface area contributed by atoms with E-state index in [-0.39, 0.29) is 18.7 Å². The van der Waals surface area contributed by atoms with Gasteiger partial charge in [-0.25, -0.2) is 0 Å². The summed E-state index contributed by atoms with van der Waals surface area (Å²) in [6.07, 6.45) is 15.2. The number of hydrogen-bond donors (Lipinski definition) is 0. The normalized spacial score (nSPS) is 14.2. The van der Waals surface area contributed by atoms with Crippen LogP contribution in [0, 0.1) is 10.1 Å². The Bertz CT molecular complexity index is 860. The number of esters is 2. The van der Waals surface area contributed by atoms with Crippen molar-refractivity contribution in [2.75, 3.05) is 47.5 Å². The minimum Gasteiger partial charge on any atom is -0.756 e. The first-order valence-electron chi connectivity index (χ1n) is 15.9. The maximum atomic E-state index is 12.5. The molecule has 0 aliphatic rings. The molecule has 13 heteroatoms. The van der Waals surface area contributed by atoms with E-state index in [2.05, 4.69) is 6.92 Å². The van der Waals surface area contributed by atoms with Gasteiger partial charge in [0.2, 0.25) is 0 Å². The third-order valence-corrected chi connectivity index (χ3v) is 7.61. The fraction of sp³-hybridized carbons (Fsp3) is 0.867. The molecule has 0 radical (unpaired) electrons. The average Bonchev–Trinajstić information content (AvgIpc) is 2.91. The lowest BCUT2D eigenvalue weighted by Gasteiger charge is -2.28. The molecule has 0 heterocycles. The van der Waals surface area contributed by atoms with Gasteiger partial charge in [-0.1, -0.05) is 90.9 Å². The number of phosphoric ester groups is 1. The van der Waals surface area contributed by atoms with Crippen LogP contribution in [0.15, 0.2) is 11.8 Å². The molecule has 0 aromatic heterocycles. The van der Waals surface area contributed by atoms with Crippen LogP contribution in [0.25, 0.3) is 0 Å². The number of allylic oxidation sites excluding steroid dienone is 1. The quantitative estimate of drug-likeness (QED) is 0.0246.